The average molecular weight is 395 g/mol. The van der Waals surface area contributed by atoms with Gasteiger partial charge >= 0.3 is 0 Å². The molecule has 27 heavy (non-hydrogen) atoms. The summed E-state index contributed by atoms with van der Waals surface area (Å²) in [7, 11) is 1.75. The Kier molecular flexibility index (Phi) is 5.81. The molecule has 2 amide bonds. The molecule has 2 aromatic rings. The van der Waals surface area contributed by atoms with E-state index in [1.54, 1.807) is 27.5 Å². The van der Waals surface area contributed by atoms with Crippen molar-refractivity contribution in [1.82, 2.24) is 29.8 Å². The zero-order valence-electron chi connectivity index (χ0n) is 15.6. The van der Waals surface area contributed by atoms with E-state index in [4.69, 9.17) is 16.3 Å². The van der Waals surface area contributed by atoms with Crippen molar-refractivity contribution in [3.05, 3.63) is 34.4 Å². The monoisotopic (exact) mass is 394 g/mol. The first-order valence-corrected chi connectivity index (χ1v) is 9.11. The van der Waals surface area contributed by atoms with Crippen LogP contribution in [0.2, 0.25) is 5.02 Å². The minimum Gasteiger partial charge on any atom is -0.365 e. The van der Waals surface area contributed by atoms with Crippen molar-refractivity contribution in [3.8, 4) is 0 Å². The van der Waals surface area contributed by atoms with Crippen molar-refractivity contribution in [2.75, 3.05) is 26.2 Å². The van der Waals surface area contributed by atoms with Crippen molar-refractivity contribution >= 4 is 23.4 Å². The molecule has 1 aliphatic heterocycles. The number of carbonyl (C=O) groups is 2. The van der Waals surface area contributed by atoms with Gasteiger partial charge in [0.25, 0.3) is 11.8 Å². The molecular weight excluding hydrogens is 372 g/mol. The number of nitrogens with zero attached hydrogens (tertiary/aromatic N) is 5. The van der Waals surface area contributed by atoms with Gasteiger partial charge in [0, 0.05) is 26.3 Å². The van der Waals surface area contributed by atoms with Crippen LogP contribution in [-0.2, 0) is 23.1 Å². The molecule has 1 unspecified atom stereocenters. The second-order valence-corrected chi connectivity index (χ2v) is 6.89. The highest BCUT2D eigenvalue weighted by atomic mass is 35.5. The summed E-state index contributed by atoms with van der Waals surface area (Å²) in [5, 5.41) is 11.8. The van der Waals surface area contributed by atoms with Crippen LogP contribution in [0.3, 0.4) is 0 Å². The molecule has 0 radical (unpaired) electrons. The third kappa shape index (κ3) is 4.30. The van der Waals surface area contributed by atoms with E-state index in [0.29, 0.717) is 36.8 Å². The van der Waals surface area contributed by atoms with Crippen molar-refractivity contribution in [2.24, 2.45) is 7.05 Å². The van der Waals surface area contributed by atoms with E-state index in [0.717, 1.165) is 11.4 Å². The highest BCUT2D eigenvalue weighted by Crippen LogP contribution is 2.18. The van der Waals surface area contributed by atoms with Crippen LogP contribution in [0.4, 0.5) is 0 Å². The average Bonchev–Trinajstić information content (AvgIpc) is 3.20. The molecule has 0 saturated carbocycles. The van der Waals surface area contributed by atoms with Gasteiger partial charge in [0.2, 0.25) is 0 Å². The van der Waals surface area contributed by atoms with Crippen LogP contribution in [0.15, 0.2) is 12.4 Å². The summed E-state index contributed by atoms with van der Waals surface area (Å²) in [5.41, 5.74) is 2.13. The molecule has 2 aromatic heterocycles. The maximum Gasteiger partial charge on any atom is 0.257 e. The zero-order chi connectivity index (χ0) is 19.6. The number of hydrogen-bond acceptors (Lipinski definition) is 5. The van der Waals surface area contributed by atoms with Gasteiger partial charge in [0.15, 0.2) is 6.10 Å². The Bertz CT molecular complexity index is 846. The van der Waals surface area contributed by atoms with E-state index in [2.05, 4.69) is 15.5 Å². The summed E-state index contributed by atoms with van der Waals surface area (Å²) >= 11 is 6.13. The van der Waals surface area contributed by atoms with E-state index in [9.17, 15) is 9.59 Å². The zero-order valence-corrected chi connectivity index (χ0v) is 16.4. The quantitative estimate of drug-likeness (QED) is 0.799. The Hall–Kier alpha value is -2.39. The molecule has 3 rings (SSSR count). The van der Waals surface area contributed by atoms with Crippen LogP contribution in [-0.4, -0.2) is 68.6 Å². The third-order valence-corrected chi connectivity index (χ3v) is 5.06. The van der Waals surface area contributed by atoms with Crippen molar-refractivity contribution in [3.63, 3.8) is 0 Å². The Labute approximate surface area is 162 Å². The molecule has 9 nitrogen and oxygen atoms in total. The molecule has 3 heterocycles. The van der Waals surface area contributed by atoms with Crippen LogP contribution >= 0.6 is 11.6 Å². The Balaban J connectivity index is 1.52. The molecule has 1 aliphatic rings. The maximum atomic E-state index is 12.5. The summed E-state index contributed by atoms with van der Waals surface area (Å²) in [4.78, 5) is 26.5. The van der Waals surface area contributed by atoms with Crippen molar-refractivity contribution in [2.45, 2.75) is 26.5 Å². The van der Waals surface area contributed by atoms with E-state index in [1.165, 1.54) is 6.20 Å². The third-order valence-electron chi connectivity index (χ3n) is 4.51. The number of morpholine rings is 1. The second-order valence-electron chi connectivity index (χ2n) is 6.51. The number of rotatable bonds is 5. The molecule has 146 valence electrons. The van der Waals surface area contributed by atoms with Gasteiger partial charge in [-0.15, -0.1) is 0 Å². The molecule has 1 saturated heterocycles. The Morgan fingerprint density at radius 3 is 2.81 bits per heavy atom. The molecule has 10 heteroatoms. The lowest BCUT2D eigenvalue weighted by molar-refractivity contribution is -0.137. The van der Waals surface area contributed by atoms with Crippen molar-refractivity contribution < 1.29 is 14.3 Å². The van der Waals surface area contributed by atoms with Gasteiger partial charge in [-0.25, -0.2) is 0 Å². The molecular formula is C17H23ClN6O3. The summed E-state index contributed by atoms with van der Waals surface area (Å²) < 4.78 is 8.87. The lowest BCUT2D eigenvalue weighted by Crippen LogP contribution is -2.51. The fraction of sp³-hybridized carbons (Fsp3) is 0.529. The first kappa shape index (κ1) is 19.4. The van der Waals surface area contributed by atoms with E-state index in [1.807, 2.05) is 13.8 Å². The highest BCUT2D eigenvalue weighted by Gasteiger charge is 2.30. The minimum atomic E-state index is -0.691. The standard InChI is InChI=1S/C17H23ClN6O3/c1-11-15(18)12(2)24(21-11)5-4-19-16(25)14-10-23(6-7-27-14)17(26)13-8-20-22(3)9-13/h8-9,14H,4-7,10H2,1-3H3,(H,19,25). The van der Waals surface area contributed by atoms with Gasteiger partial charge in [0.1, 0.15) is 0 Å². The number of halogens is 1. The van der Waals surface area contributed by atoms with Crippen LogP contribution in [0, 0.1) is 13.8 Å². The predicted octanol–water partition coefficient (Wildman–Crippen LogP) is 0.544. The van der Waals surface area contributed by atoms with Gasteiger partial charge < -0.3 is 15.0 Å². The predicted molar refractivity (Wildman–Crippen MR) is 98.6 cm³/mol. The minimum absolute atomic E-state index is 0.151. The molecule has 0 aliphatic carbocycles. The van der Waals surface area contributed by atoms with Gasteiger partial charge in [-0.2, -0.15) is 10.2 Å². The number of amides is 2. The largest absolute Gasteiger partial charge is 0.365 e. The van der Waals surface area contributed by atoms with Gasteiger partial charge in [-0.3, -0.25) is 19.0 Å². The maximum absolute atomic E-state index is 12.5. The number of ether oxygens (including phenoxy) is 1. The van der Waals surface area contributed by atoms with Gasteiger partial charge in [0.05, 0.1) is 47.9 Å². The molecule has 0 spiro atoms. The van der Waals surface area contributed by atoms with Crippen molar-refractivity contribution in [1.29, 1.82) is 0 Å². The highest BCUT2D eigenvalue weighted by molar-refractivity contribution is 6.31. The van der Waals surface area contributed by atoms with E-state index < -0.39 is 6.10 Å². The molecule has 1 atom stereocenters. The van der Waals surface area contributed by atoms with E-state index >= 15 is 0 Å². The van der Waals surface area contributed by atoms with E-state index in [-0.39, 0.29) is 18.4 Å². The Morgan fingerprint density at radius 2 is 2.19 bits per heavy atom. The van der Waals surface area contributed by atoms with Gasteiger partial charge in [-0.05, 0) is 13.8 Å². The van der Waals surface area contributed by atoms with Gasteiger partial charge in [-0.1, -0.05) is 11.6 Å². The number of carbonyl (C=O) groups excluding carboxylic acids is 2. The van der Waals surface area contributed by atoms with Crippen LogP contribution in [0.25, 0.3) is 0 Å². The molecule has 1 fully saturated rings. The number of hydrogen-bond donors (Lipinski definition) is 1. The topological polar surface area (TPSA) is 94.3 Å². The molecule has 0 bridgehead atoms. The summed E-state index contributed by atoms with van der Waals surface area (Å²) in [6, 6.07) is 0. The van der Waals surface area contributed by atoms with Crippen LogP contribution in [0.1, 0.15) is 21.7 Å². The first-order chi connectivity index (χ1) is 12.9. The normalized spacial score (nSPS) is 17.2. The summed E-state index contributed by atoms with van der Waals surface area (Å²) in [6.45, 7) is 5.61. The summed E-state index contributed by atoms with van der Waals surface area (Å²) in [6.07, 6.45) is 2.49. The second kappa shape index (κ2) is 8.10. The Morgan fingerprint density at radius 1 is 1.41 bits per heavy atom. The summed E-state index contributed by atoms with van der Waals surface area (Å²) in [5.74, 6) is -0.396. The van der Waals surface area contributed by atoms with Crippen LogP contribution < -0.4 is 5.32 Å². The fourth-order valence-electron chi connectivity index (χ4n) is 3.00. The fourth-order valence-corrected chi connectivity index (χ4v) is 3.13. The number of nitrogens with one attached hydrogen (secondary N) is 1. The number of aryl methyl sites for hydroxylation is 2. The van der Waals surface area contributed by atoms with Crippen LogP contribution in [0.5, 0.6) is 0 Å². The lowest BCUT2D eigenvalue weighted by Gasteiger charge is -2.32. The molecule has 0 aromatic carbocycles. The first-order valence-electron chi connectivity index (χ1n) is 8.73. The SMILES string of the molecule is Cc1nn(CCNC(=O)C2CN(C(=O)c3cnn(C)c3)CCO2)c(C)c1Cl. The lowest BCUT2D eigenvalue weighted by atomic mass is 10.2. The number of aromatic nitrogens is 4. The molecule has 1 N–H and O–H groups in total. The smallest absolute Gasteiger partial charge is 0.257 e.